The quantitative estimate of drug-likeness (QED) is 0.441. The van der Waals surface area contributed by atoms with Crippen LogP contribution in [0.4, 0.5) is 0 Å². The van der Waals surface area contributed by atoms with Gasteiger partial charge in [0, 0.05) is 12.8 Å². The Morgan fingerprint density at radius 1 is 1.27 bits per heavy atom. The fourth-order valence-corrected chi connectivity index (χ4v) is 1.42. The van der Waals surface area contributed by atoms with Gasteiger partial charge in [-0.15, -0.1) is 0 Å². The van der Waals surface area contributed by atoms with Gasteiger partial charge in [-0.2, -0.15) is 0 Å². The van der Waals surface area contributed by atoms with Crippen LogP contribution in [-0.2, 0) is 0 Å². The Bertz CT molecular complexity index is 94.4. The first-order chi connectivity index (χ1) is 4.83. The van der Waals surface area contributed by atoms with Crippen LogP contribution in [0.5, 0.6) is 0 Å². The molecule has 0 atom stereocenters. The molecule has 0 spiro atoms. The number of piperidine rings is 1. The fourth-order valence-electron chi connectivity index (χ4n) is 1.42. The number of aliphatic hydroxyl groups is 2. The van der Waals surface area contributed by atoms with Gasteiger partial charge >= 0.3 is 0 Å². The van der Waals surface area contributed by atoms with Crippen LogP contribution in [0.25, 0.3) is 0 Å². The molecule has 1 saturated heterocycles. The number of likely N-dealkylation sites (tertiary alicyclic amines) is 1. The second kappa shape index (κ2) is 5.94. The van der Waals surface area contributed by atoms with Gasteiger partial charge in [-0.05, 0) is 0 Å². The molecule has 0 aromatic rings. The summed E-state index contributed by atoms with van der Waals surface area (Å²) < 4.78 is 0. The second-order valence-corrected chi connectivity index (χ2v) is 2.95. The molecule has 0 aromatic heterocycles. The summed E-state index contributed by atoms with van der Waals surface area (Å²) in [5.74, 6) is 0. The van der Waals surface area contributed by atoms with Crippen molar-refractivity contribution < 1.29 is 32.1 Å². The molecule has 0 aromatic carbocycles. The van der Waals surface area contributed by atoms with Crippen LogP contribution >= 0.6 is 0 Å². The minimum atomic E-state index is -0.0811. The Hall–Kier alpha value is 0.360. The molecule has 0 amide bonds. The van der Waals surface area contributed by atoms with E-state index in [0.717, 1.165) is 32.5 Å². The van der Waals surface area contributed by atoms with Crippen molar-refractivity contribution in [2.24, 2.45) is 0 Å². The maximum Gasteiger partial charge on any atom is 0.101 e. The molecule has 1 fully saturated rings. The predicted molar refractivity (Wildman–Crippen MR) is 37.9 cm³/mol. The molecule has 0 bridgehead atoms. The molecule has 11 heavy (non-hydrogen) atoms. The molecule has 0 radical (unpaired) electrons. The van der Waals surface area contributed by atoms with E-state index in [-0.39, 0.29) is 29.7 Å². The highest BCUT2D eigenvalue weighted by Gasteiger charge is 2.18. The minimum absolute atomic E-state index is 0. The largest absolute Gasteiger partial charge is 1.00 e. The molecule has 1 rings (SSSR count). The van der Waals surface area contributed by atoms with Crippen LogP contribution in [0.1, 0.15) is 12.8 Å². The van der Waals surface area contributed by atoms with Crippen molar-refractivity contribution in [3.63, 3.8) is 0 Å². The van der Waals surface area contributed by atoms with E-state index in [1.165, 1.54) is 4.90 Å². The number of nitrogens with one attached hydrogen (secondary N) is 1. The summed E-state index contributed by atoms with van der Waals surface area (Å²) in [5.41, 5.74) is 0. The first kappa shape index (κ1) is 11.4. The van der Waals surface area contributed by atoms with E-state index in [0.29, 0.717) is 0 Å². The van der Waals surface area contributed by atoms with Gasteiger partial charge in [0.1, 0.15) is 6.54 Å². The lowest BCUT2D eigenvalue weighted by Crippen LogP contribution is -3.13. The Kier molecular flexibility index (Phi) is 6.14. The van der Waals surface area contributed by atoms with Gasteiger partial charge in [-0.3, -0.25) is 0 Å². The smallest absolute Gasteiger partial charge is 0.101 e. The van der Waals surface area contributed by atoms with Crippen LogP contribution in [0.15, 0.2) is 0 Å². The fraction of sp³-hybridized carbons (Fsp3) is 1.00. The van der Waals surface area contributed by atoms with Gasteiger partial charge < -0.3 is 32.1 Å². The summed E-state index contributed by atoms with van der Waals surface area (Å²) in [4.78, 5) is 1.42. The molecule has 4 heteroatoms. The second-order valence-electron chi connectivity index (χ2n) is 2.95. The number of halogens is 1. The van der Waals surface area contributed by atoms with E-state index in [9.17, 15) is 0 Å². The zero-order valence-electron chi connectivity index (χ0n) is 6.59. The zero-order valence-corrected chi connectivity index (χ0v) is 8.18. The number of rotatable bonds is 2. The van der Waals surface area contributed by atoms with E-state index < -0.39 is 0 Å². The third-order valence-corrected chi connectivity index (χ3v) is 2.13. The number of quaternary nitrogens is 1. The zero-order chi connectivity index (χ0) is 7.40. The van der Waals surface area contributed by atoms with E-state index in [4.69, 9.17) is 10.2 Å². The van der Waals surface area contributed by atoms with Crippen LogP contribution < -0.4 is 21.9 Å². The van der Waals surface area contributed by atoms with Gasteiger partial charge in [0.05, 0.1) is 25.8 Å². The van der Waals surface area contributed by atoms with Crippen molar-refractivity contribution in [1.29, 1.82) is 0 Å². The number of hydrogen-bond donors (Lipinski definition) is 3. The molecular weight excluding hydrogens is 210 g/mol. The summed E-state index contributed by atoms with van der Waals surface area (Å²) in [5, 5.41) is 17.7. The minimum Gasteiger partial charge on any atom is -1.00 e. The highest BCUT2D eigenvalue weighted by Crippen LogP contribution is 1.96. The monoisotopic (exact) mass is 225 g/mol. The van der Waals surface area contributed by atoms with Crippen molar-refractivity contribution in [1.82, 2.24) is 0 Å². The van der Waals surface area contributed by atoms with Crippen molar-refractivity contribution in [3.05, 3.63) is 0 Å². The summed E-state index contributed by atoms with van der Waals surface area (Å²) in [6.07, 6.45) is 1.72. The molecular formula is C7H16BrNO2. The van der Waals surface area contributed by atoms with E-state index in [2.05, 4.69) is 0 Å². The molecule has 3 N–H and O–H groups in total. The highest BCUT2D eigenvalue weighted by molar-refractivity contribution is 4.57. The lowest BCUT2D eigenvalue weighted by molar-refractivity contribution is -0.906. The Morgan fingerprint density at radius 2 is 1.82 bits per heavy atom. The summed E-state index contributed by atoms with van der Waals surface area (Å²) in [6, 6.07) is 0. The third kappa shape index (κ3) is 4.06. The van der Waals surface area contributed by atoms with Gasteiger partial charge in [0.2, 0.25) is 0 Å². The van der Waals surface area contributed by atoms with E-state index in [1.807, 2.05) is 0 Å². The standard InChI is InChI=1S/C7H15NO2.BrH/c9-6-5-8-3-1-7(10)2-4-8;/h7,9-10H,1-6H2;1H. The van der Waals surface area contributed by atoms with Crippen LogP contribution in [0, 0.1) is 0 Å². The number of hydrogen-bond acceptors (Lipinski definition) is 2. The molecule has 0 saturated carbocycles. The lowest BCUT2D eigenvalue weighted by atomic mass is 10.1. The molecule has 3 nitrogen and oxygen atoms in total. The maximum absolute atomic E-state index is 9.12. The Morgan fingerprint density at radius 3 is 2.27 bits per heavy atom. The van der Waals surface area contributed by atoms with Crippen molar-refractivity contribution in [2.45, 2.75) is 18.9 Å². The third-order valence-electron chi connectivity index (χ3n) is 2.13. The molecule has 0 aliphatic carbocycles. The molecule has 1 heterocycles. The SMILES string of the molecule is OCC[NH+]1CCC(O)CC1.[Br-]. The Labute approximate surface area is 77.8 Å². The van der Waals surface area contributed by atoms with Gasteiger partial charge in [-0.25, -0.2) is 0 Å². The first-order valence-corrected chi connectivity index (χ1v) is 3.95. The summed E-state index contributed by atoms with van der Waals surface area (Å²) in [6.45, 7) is 3.14. The predicted octanol–water partition coefficient (Wildman–Crippen LogP) is -4.98. The average molecular weight is 226 g/mol. The molecule has 1 aliphatic rings. The molecule has 1 aliphatic heterocycles. The Balaban J connectivity index is 0.000001000. The number of aliphatic hydroxyl groups excluding tert-OH is 2. The molecule has 0 unspecified atom stereocenters. The van der Waals surface area contributed by atoms with Crippen LogP contribution in [0.3, 0.4) is 0 Å². The van der Waals surface area contributed by atoms with Gasteiger partial charge in [0.25, 0.3) is 0 Å². The maximum atomic E-state index is 9.12. The van der Waals surface area contributed by atoms with Crippen molar-refractivity contribution in [3.8, 4) is 0 Å². The summed E-state index contributed by atoms with van der Waals surface area (Å²) in [7, 11) is 0. The average Bonchev–Trinajstić information content (AvgIpc) is 1.95. The van der Waals surface area contributed by atoms with Crippen LogP contribution in [-0.4, -0.2) is 42.6 Å². The van der Waals surface area contributed by atoms with Crippen molar-refractivity contribution in [2.75, 3.05) is 26.2 Å². The van der Waals surface area contributed by atoms with Crippen LogP contribution in [0.2, 0.25) is 0 Å². The van der Waals surface area contributed by atoms with Gasteiger partial charge in [0.15, 0.2) is 0 Å². The normalized spacial score (nSPS) is 31.1. The first-order valence-electron chi connectivity index (χ1n) is 3.95. The highest BCUT2D eigenvalue weighted by atomic mass is 79.9. The summed E-state index contributed by atoms with van der Waals surface area (Å²) >= 11 is 0. The van der Waals surface area contributed by atoms with Gasteiger partial charge in [-0.1, -0.05) is 0 Å². The topological polar surface area (TPSA) is 44.9 Å². The lowest BCUT2D eigenvalue weighted by Gasteiger charge is -2.25. The van der Waals surface area contributed by atoms with E-state index in [1.54, 1.807) is 0 Å². The molecule has 68 valence electrons. The van der Waals surface area contributed by atoms with E-state index >= 15 is 0 Å². The van der Waals surface area contributed by atoms with Crippen molar-refractivity contribution >= 4 is 0 Å².